The Balaban J connectivity index is 2.24. The van der Waals surface area contributed by atoms with Gasteiger partial charge in [-0.1, -0.05) is 30.3 Å². The Labute approximate surface area is 126 Å². The Kier molecular flexibility index (Phi) is 3.42. The summed E-state index contributed by atoms with van der Waals surface area (Å²) < 4.78 is 0. The number of anilines is 1. The van der Waals surface area contributed by atoms with Crippen molar-refractivity contribution >= 4 is 23.0 Å². The third-order valence-corrected chi connectivity index (χ3v) is 3.49. The number of aliphatic imine (C=N–C) groups is 1. The van der Waals surface area contributed by atoms with E-state index in [9.17, 15) is 14.9 Å². The van der Waals surface area contributed by atoms with Crippen molar-refractivity contribution in [3.8, 4) is 0 Å². The number of amides is 1. The van der Waals surface area contributed by atoms with Crippen LogP contribution in [0, 0.1) is 17.0 Å². The summed E-state index contributed by atoms with van der Waals surface area (Å²) in [5, 5.41) is 13.9. The summed E-state index contributed by atoms with van der Waals surface area (Å²) in [4.78, 5) is 26.9. The van der Waals surface area contributed by atoms with Gasteiger partial charge < -0.3 is 5.32 Å². The van der Waals surface area contributed by atoms with Crippen molar-refractivity contribution in [3.63, 3.8) is 0 Å². The molecule has 0 fully saturated rings. The summed E-state index contributed by atoms with van der Waals surface area (Å²) >= 11 is 0. The molecule has 6 heteroatoms. The van der Waals surface area contributed by atoms with E-state index in [2.05, 4.69) is 10.3 Å². The summed E-state index contributed by atoms with van der Waals surface area (Å²) in [6.45, 7) is 1.64. The number of fused-ring (bicyclic) bond motifs is 1. The van der Waals surface area contributed by atoms with Gasteiger partial charge >= 0.3 is 0 Å². The molecule has 6 nitrogen and oxygen atoms in total. The minimum Gasteiger partial charge on any atom is -0.324 e. The summed E-state index contributed by atoms with van der Waals surface area (Å²) in [7, 11) is 0. The van der Waals surface area contributed by atoms with Crippen molar-refractivity contribution < 1.29 is 9.72 Å². The first-order valence-corrected chi connectivity index (χ1v) is 6.75. The van der Waals surface area contributed by atoms with Crippen LogP contribution in [0.3, 0.4) is 0 Å². The average molecular weight is 295 g/mol. The van der Waals surface area contributed by atoms with Gasteiger partial charge in [0, 0.05) is 22.8 Å². The zero-order valence-electron chi connectivity index (χ0n) is 11.9. The van der Waals surface area contributed by atoms with Crippen molar-refractivity contribution in [1.82, 2.24) is 0 Å². The molecule has 3 rings (SSSR count). The molecule has 2 aromatic carbocycles. The molecular formula is C16H13N3O3. The number of benzodiazepines with no additional fused rings is 1. The number of nitrogens with zero attached hydrogens (tertiary/aromatic N) is 2. The number of hydrogen-bond acceptors (Lipinski definition) is 4. The number of nitro benzene ring substituents is 1. The standard InChI is InChI=1S/C16H13N3O3/c1-10-7-13-12(8-14(10)19(21)22)16(17-9-15(20)18-13)11-5-3-2-4-6-11/h2-8H,9H2,1H3,(H,18,20). The zero-order chi connectivity index (χ0) is 15.7. The van der Waals surface area contributed by atoms with Crippen molar-refractivity contribution in [1.29, 1.82) is 0 Å². The van der Waals surface area contributed by atoms with Crippen LogP contribution < -0.4 is 5.32 Å². The summed E-state index contributed by atoms with van der Waals surface area (Å²) in [6.07, 6.45) is 0. The number of hydrogen-bond donors (Lipinski definition) is 1. The highest BCUT2D eigenvalue weighted by Crippen LogP contribution is 2.30. The van der Waals surface area contributed by atoms with E-state index in [4.69, 9.17) is 0 Å². The van der Waals surface area contributed by atoms with Crippen LogP contribution in [0.25, 0.3) is 0 Å². The van der Waals surface area contributed by atoms with Gasteiger partial charge in [0.2, 0.25) is 5.91 Å². The maximum Gasteiger partial charge on any atom is 0.273 e. The Morgan fingerprint density at radius 2 is 1.95 bits per heavy atom. The van der Waals surface area contributed by atoms with E-state index < -0.39 is 4.92 Å². The Morgan fingerprint density at radius 1 is 1.23 bits per heavy atom. The maximum absolute atomic E-state index is 11.8. The molecule has 0 unspecified atom stereocenters. The van der Waals surface area contributed by atoms with E-state index >= 15 is 0 Å². The van der Waals surface area contributed by atoms with Gasteiger partial charge in [0.15, 0.2) is 0 Å². The molecule has 0 saturated heterocycles. The smallest absolute Gasteiger partial charge is 0.273 e. The van der Waals surface area contributed by atoms with Gasteiger partial charge in [0.25, 0.3) is 5.69 Å². The molecule has 0 radical (unpaired) electrons. The van der Waals surface area contributed by atoms with Crippen molar-refractivity contribution in [3.05, 3.63) is 69.3 Å². The second kappa shape index (κ2) is 5.40. The third-order valence-electron chi connectivity index (χ3n) is 3.49. The number of benzene rings is 2. The largest absolute Gasteiger partial charge is 0.324 e. The molecule has 2 aromatic rings. The van der Waals surface area contributed by atoms with Crippen LogP contribution in [-0.2, 0) is 4.79 Å². The van der Waals surface area contributed by atoms with E-state index in [1.807, 2.05) is 30.3 Å². The number of nitrogens with one attached hydrogen (secondary N) is 1. The summed E-state index contributed by atoms with van der Waals surface area (Å²) in [6, 6.07) is 12.4. The van der Waals surface area contributed by atoms with Crippen LogP contribution in [0.4, 0.5) is 11.4 Å². The van der Waals surface area contributed by atoms with E-state index in [1.54, 1.807) is 13.0 Å². The lowest BCUT2D eigenvalue weighted by Crippen LogP contribution is -2.13. The minimum absolute atomic E-state index is 0.00818. The number of aryl methyl sites for hydroxylation is 1. The molecule has 1 amide bonds. The molecule has 1 N–H and O–H groups in total. The van der Waals surface area contributed by atoms with Crippen molar-refractivity contribution in [2.24, 2.45) is 4.99 Å². The lowest BCUT2D eigenvalue weighted by atomic mass is 9.98. The summed E-state index contributed by atoms with van der Waals surface area (Å²) in [5.74, 6) is -0.236. The predicted molar refractivity (Wildman–Crippen MR) is 83.4 cm³/mol. The third kappa shape index (κ3) is 2.46. The van der Waals surface area contributed by atoms with Gasteiger partial charge in [0.05, 0.1) is 16.3 Å². The first-order valence-electron chi connectivity index (χ1n) is 6.75. The van der Waals surface area contributed by atoms with Gasteiger partial charge in [-0.05, 0) is 13.0 Å². The zero-order valence-corrected chi connectivity index (χ0v) is 11.9. The topological polar surface area (TPSA) is 84.6 Å². The Bertz CT molecular complexity index is 798. The van der Waals surface area contributed by atoms with Crippen LogP contribution >= 0.6 is 0 Å². The number of nitro groups is 1. The molecular weight excluding hydrogens is 282 g/mol. The summed E-state index contributed by atoms with van der Waals surface area (Å²) in [5.41, 5.74) is 3.02. The molecule has 1 aliphatic heterocycles. The van der Waals surface area contributed by atoms with Gasteiger partial charge in [-0.2, -0.15) is 0 Å². The molecule has 0 bridgehead atoms. The quantitative estimate of drug-likeness (QED) is 0.682. The second-order valence-corrected chi connectivity index (χ2v) is 5.02. The number of carbonyl (C=O) groups excluding carboxylic acids is 1. The van der Waals surface area contributed by atoms with Gasteiger partial charge in [-0.25, -0.2) is 0 Å². The highest BCUT2D eigenvalue weighted by molar-refractivity contribution is 6.19. The molecule has 0 spiro atoms. The van der Waals surface area contributed by atoms with Crippen LogP contribution in [0.1, 0.15) is 16.7 Å². The molecule has 22 heavy (non-hydrogen) atoms. The van der Waals surface area contributed by atoms with Crippen LogP contribution in [0.2, 0.25) is 0 Å². The number of rotatable bonds is 2. The Hall–Kier alpha value is -3.02. The normalized spacial score (nSPS) is 13.7. The molecule has 1 heterocycles. The van der Waals surface area contributed by atoms with Gasteiger partial charge in [-0.3, -0.25) is 19.9 Å². The molecule has 1 aliphatic rings. The van der Waals surface area contributed by atoms with Gasteiger partial charge in [0.1, 0.15) is 6.54 Å². The number of carbonyl (C=O) groups is 1. The lowest BCUT2D eigenvalue weighted by molar-refractivity contribution is -0.385. The molecule has 0 aromatic heterocycles. The maximum atomic E-state index is 11.8. The highest BCUT2D eigenvalue weighted by atomic mass is 16.6. The van der Waals surface area contributed by atoms with Gasteiger partial charge in [-0.15, -0.1) is 0 Å². The first kappa shape index (κ1) is 13.9. The Morgan fingerprint density at radius 3 is 2.64 bits per heavy atom. The molecule has 0 aliphatic carbocycles. The van der Waals surface area contributed by atoms with Crippen LogP contribution in [0.15, 0.2) is 47.5 Å². The van der Waals surface area contributed by atoms with Crippen LogP contribution in [-0.4, -0.2) is 23.1 Å². The lowest BCUT2D eigenvalue weighted by Gasteiger charge is -2.11. The first-order chi connectivity index (χ1) is 10.6. The SMILES string of the molecule is Cc1cc2c(cc1[N+](=O)[O-])C(c1ccccc1)=NCC(=O)N2. The second-order valence-electron chi connectivity index (χ2n) is 5.02. The molecule has 0 saturated carbocycles. The van der Waals surface area contributed by atoms with E-state index in [0.29, 0.717) is 22.5 Å². The van der Waals surface area contributed by atoms with Crippen LogP contribution in [0.5, 0.6) is 0 Å². The average Bonchev–Trinajstić information content (AvgIpc) is 2.65. The minimum atomic E-state index is -0.426. The van der Waals surface area contributed by atoms with E-state index in [0.717, 1.165) is 5.56 Å². The fourth-order valence-electron chi connectivity index (χ4n) is 2.46. The fraction of sp³-hybridized carbons (Fsp3) is 0.125. The fourth-order valence-corrected chi connectivity index (χ4v) is 2.46. The predicted octanol–water partition coefficient (Wildman–Crippen LogP) is 2.69. The molecule has 0 atom stereocenters. The van der Waals surface area contributed by atoms with E-state index in [1.165, 1.54) is 6.07 Å². The highest BCUT2D eigenvalue weighted by Gasteiger charge is 2.22. The molecule has 110 valence electrons. The monoisotopic (exact) mass is 295 g/mol. The van der Waals surface area contributed by atoms with Crippen molar-refractivity contribution in [2.45, 2.75) is 6.92 Å². The van der Waals surface area contributed by atoms with E-state index in [-0.39, 0.29) is 18.1 Å². The van der Waals surface area contributed by atoms with Crippen molar-refractivity contribution in [2.75, 3.05) is 11.9 Å².